The number of rotatable bonds is 8. The number of nitrogens with two attached hydrogens (primary N) is 1. The fraction of sp³-hybridized carbons (Fsp3) is 0.214. The van der Waals surface area contributed by atoms with Crippen LogP contribution in [0.3, 0.4) is 0 Å². The zero-order chi connectivity index (χ0) is 28.5. The zero-order valence-electron chi connectivity index (χ0n) is 21.7. The van der Waals surface area contributed by atoms with Gasteiger partial charge in [0.15, 0.2) is 5.13 Å². The summed E-state index contributed by atoms with van der Waals surface area (Å²) in [4.78, 5) is 32.1. The van der Waals surface area contributed by atoms with Gasteiger partial charge < -0.3 is 15.8 Å². The minimum absolute atomic E-state index is 0.0459. The second-order valence-electron chi connectivity index (χ2n) is 9.37. The van der Waals surface area contributed by atoms with Crippen molar-refractivity contribution >= 4 is 74.2 Å². The quantitative estimate of drug-likeness (QED) is 0.218. The first-order valence-corrected chi connectivity index (χ1v) is 15.8. The molecule has 2 aromatic carbocycles. The summed E-state index contributed by atoms with van der Waals surface area (Å²) in [5.41, 5.74) is 9.41. The number of carbonyl (C=O) groups excluding carboxylic acids is 2. The number of hydrogen-bond donors (Lipinski definition) is 2. The van der Waals surface area contributed by atoms with Gasteiger partial charge in [0.25, 0.3) is 5.91 Å². The highest BCUT2D eigenvalue weighted by atomic mass is 32.2. The number of carbonyl (C=O) groups is 2. The van der Waals surface area contributed by atoms with Gasteiger partial charge in [0.2, 0.25) is 11.0 Å². The van der Waals surface area contributed by atoms with Gasteiger partial charge >= 0.3 is 0 Å². The SMILES string of the molecule is Cc1nnc(C2=C(C(=S)OC(c3ccccc3)c3ccccc3)N3C(=O)[C@@H](NC(=O)Cc4csc(N)n4)[C@H]3SC2)s1. The number of nitrogens with one attached hydrogen (secondary N) is 1. The van der Waals surface area contributed by atoms with Crippen molar-refractivity contribution in [1.29, 1.82) is 0 Å². The number of benzene rings is 2. The number of thiocarbonyl (C=S) groups is 1. The fourth-order valence-corrected chi connectivity index (χ4v) is 7.78. The maximum atomic E-state index is 13.6. The third-order valence-corrected chi connectivity index (χ3v) is 9.79. The Balaban J connectivity index is 1.30. The van der Waals surface area contributed by atoms with E-state index in [4.69, 9.17) is 22.7 Å². The first-order chi connectivity index (χ1) is 19.9. The van der Waals surface area contributed by atoms with Gasteiger partial charge in [-0.1, -0.05) is 72.0 Å². The number of nitrogen functional groups attached to an aromatic ring is 1. The maximum Gasteiger partial charge on any atom is 0.253 e. The summed E-state index contributed by atoms with van der Waals surface area (Å²) in [5.74, 6) is -0.0286. The standard InChI is InChI=1S/C28H24N6O3S4/c1-15-32-33-24(41-15)19-14-39-26-21(31-20(35)12-18-13-40-28(29)30-18)25(36)34(26)22(19)27(38)37-23(16-8-4-2-5-9-16)17-10-6-3-7-11-17/h2-11,13,21,23,26H,12,14H2,1H3,(H2,29,30)(H,31,35)/t21-,26-/m1/s1. The van der Waals surface area contributed by atoms with Crippen LogP contribution in [0.5, 0.6) is 0 Å². The number of hydrogen-bond acceptors (Lipinski definition) is 11. The Morgan fingerprint density at radius 1 is 1.15 bits per heavy atom. The molecule has 6 rings (SSSR count). The van der Waals surface area contributed by atoms with Gasteiger partial charge in [-0.15, -0.1) is 33.3 Å². The normalized spacial score (nSPS) is 18.2. The first kappa shape index (κ1) is 27.5. The van der Waals surface area contributed by atoms with E-state index in [-0.39, 0.29) is 28.7 Å². The summed E-state index contributed by atoms with van der Waals surface area (Å²) in [6.45, 7) is 1.88. The predicted molar refractivity (Wildman–Crippen MR) is 165 cm³/mol. The van der Waals surface area contributed by atoms with Crippen LogP contribution >= 0.6 is 46.7 Å². The molecule has 3 N–H and O–H groups in total. The average Bonchev–Trinajstić information content (AvgIpc) is 3.61. The van der Waals surface area contributed by atoms with Crippen molar-refractivity contribution < 1.29 is 14.3 Å². The Morgan fingerprint density at radius 3 is 2.41 bits per heavy atom. The van der Waals surface area contributed by atoms with E-state index < -0.39 is 12.1 Å². The molecule has 1 fully saturated rings. The molecule has 0 bridgehead atoms. The number of aromatic nitrogens is 3. The molecule has 0 radical (unpaired) electrons. The Kier molecular flexibility index (Phi) is 7.84. The first-order valence-electron chi connectivity index (χ1n) is 12.7. The maximum absolute atomic E-state index is 13.6. The van der Waals surface area contributed by atoms with Gasteiger partial charge in [-0.05, 0) is 30.3 Å². The summed E-state index contributed by atoms with van der Waals surface area (Å²) in [5, 5.41) is 14.9. The monoisotopic (exact) mass is 620 g/mol. The Morgan fingerprint density at radius 2 is 1.83 bits per heavy atom. The van der Waals surface area contributed by atoms with Crippen LogP contribution in [-0.4, -0.2) is 54.1 Å². The van der Waals surface area contributed by atoms with Gasteiger partial charge in [-0.25, -0.2) is 4.98 Å². The van der Waals surface area contributed by atoms with Crippen molar-refractivity contribution in [1.82, 2.24) is 25.4 Å². The molecule has 2 aliphatic rings. The topological polar surface area (TPSA) is 123 Å². The average molecular weight is 621 g/mol. The van der Waals surface area contributed by atoms with Crippen LogP contribution in [0.4, 0.5) is 5.13 Å². The lowest BCUT2D eigenvalue weighted by Crippen LogP contribution is -2.70. The van der Waals surface area contributed by atoms with E-state index in [2.05, 4.69) is 20.5 Å². The number of β-lactam (4-membered cyclic amide) rings is 1. The van der Waals surface area contributed by atoms with Gasteiger partial charge in [-0.2, -0.15) is 0 Å². The number of thiazole rings is 1. The molecule has 4 aromatic rings. The number of amides is 2. The summed E-state index contributed by atoms with van der Waals surface area (Å²) in [6.07, 6.45) is -0.440. The minimum atomic E-state index is -0.696. The summed E-state index contributed by atoms with van der Waals surface area (Å²) in [7, 11) is 0. The van der Waals surface area contributed by atoms with Crippen LogP contribution in [0.15, 0.2) is 71.7 Å². The zero-order valence-corrected chi connectivity index (χ0v) is 25.0. The van der Waals surface area contributed by atoms with Gasteiger partial charge in [-0.3, -0.25) is 14.5 Å². The van der Waals surface area contributed by atoms with E-state index in [0.717, 1.165) is 21.7 Å². The molecule has 208 valence electrons. The third kappa shape index (κ3) is 5.62. The molecule has 2 aliphatic heterocycles. The summed E-state index contributed by atoms with van der Waals surface area (Å²) >= 11 is 10.2. The number of aryl methyl sites for hydroxylation is 1. The van der Waals surface area contributed by atoms with Crippen LogP contribution in [0.25, 0.3) is 5.57 Å². The van der Waals surface area contributed by atoms with E-state index in [1.807, 2.05) is 67.6 Å². The number of fused-ring (bicyclic) bond motifs is 1. The van der Waals surface area contributed by atoms with E-state index in [9.17, 15) is 9.59 Å². The number of thioether (sulfide) groups is 1. The molecule has 2 atom stereocenters. The second-order valence-corrected chi connectivity index (χ2v) is 12.9. The van der Waals surface area contributed by atoms with Gasteiger partial charge in [0.1, 0.15) is 33.2 Å². The third-order valence-electron chi connectivity index (χ3n) is 6.60. The van der Waals surface area contributed by atoms with E-state index >= 15 is 0 Å². The molecule has 0 saturated carbocycles. The van der Waals surface area contributed by atoms with Gasteiger partial charge in [0, 0.05) is 16.7 Å². The van der Waals surface area contributed by atoms with Crippen molar-refractivity contribution in [3.63, 3.8) is 0 Å². The minimum Gasteiger partial charge on any atom is -0.469 e. The predicted octanol–water partition coefficient (Wildman–Crippen LogP) is 4.37. The Hall–Kier alpha value is -3.65. The molecule has 0 spiro atoms. The van der Waals surface area contributed by atoms with Crippen molar-refractivity contribution in [2.45, 2.75) is 30.9 Å². The number of anilines is 1. The summed E-state index contributed by atoms with van der Waals surface area (Å²) < 4.78 is 6.54. The summed E-state index contributed by atoms with van der Waals surface area (Å²) in [6, 6.07) is 18.9. The van der Waals surface area contributed by atoms with Crippen LogP contribution in [0.2, 0.25) is 0 Å². The molecule has 2 aromatic heterocycles. The van der Waals surface area contributed by atoms with Crippen LogP contribution in [0, 0.1) is 6.92 Å². The molecular formula is C28H24N6O3S4. The molecule has 13 heteroatoms. The van der Waals surface area contributed by atoms with Gasteiger partial charge in [0.05, 0.1) is 12.1 Å². The highest BCUT2D eigenvalue weighted by Crippen LogP contribution is 2.45. The molecule has 41 heavy (non-hydrogen) atoms. The van der Waals surface area contributed by atoms with Crippen LogP contribution < -0.4 is 11.1 Å². The fourth-order valence-electron chi connectivity index (χ4n) is 4.73. The van der Waals surface area contributed by atoms with Crippen molar-refractivity contribution in [3.05, 3.63) is 98.6 Å². The number of ether oxygens (including phenoxy) is 1. The van der Waals surface area contributed by atoms with Crippen molar-refractivity contribution in [2.75, 3.05) is 11.5 Å². The lowest BCUT2D eigenvalue weighted by molar-refractivity contribution is -0.145. The molecule has 4 heterocycles. The lowest BCUT2D eigenvalue weighted by atomic mass is 10.0. The number of nitrogens with zero attached hydrogens (tertiary/aromatic N) is 4. The van der Waals surface area contributed by atoms with Crippen molar-refractivity contribution in [2.24, 2.45) is 0 Å². The smallest absolute Gasteiger partial charge is 0.253 e. The molecule has 9 nitrogen and oxygen atoms in total. The van der Waals surface area contributed by atoms with Crippen LogP contribution in [-0.2, 0) is 20.7 Å². The van der Waals surface area contributed by atoms with E-state index in [0.29, 0.717) is 27.3 Å². The van der Waals surface area contributed by atoms with Crippen molar-refractivity contribution in [3.8, 4) is 0 Å². The molecule has 2 amide bonds. The Labute approximate surface area is 253 Å². The molecule has 0 unspecified atom stereocenters. The van der Waals surface area contributed by atoms with E-state index in [1.54, 1.807) is 22.0 Å². The largest absolute Gasteiger partial charge is 0.469 e. The lowest BCUT2D eigenvalue weighted by Gasteiger charge is -2.50. The molecular weight excluding hydrogens is 597 g/mol. The Bertz CT molecular complexity index is 1600. The second kappa shape index (κ2) is 11.7. The highest BCUT2D eigenvalue weighted by molar-refractivity contribution is 8.00. The van der Waals surface area contributed by atoms with E-state index in [1.165, 1.54) is 22.7 Å². The molecule has 1 saturated heterocycles. The van der Waals surface area contributed by atoms with Crippen LogP contribution in [0.1, 0.15) is 32.9 Å². The highest BCUT2D eigenvalue weighted by Gasteiger charge is 2.54. The molecule has 0 aliphatic carbocycles.